The lowest BCUT2D eigenvalue weighted by molar-refractivity contribution is -0.133. The first-order valence-corrected chi connectivity index (χ1v) is 7.26. The summed E-state index contributed by atoms with van der Waals surface area (Å²) in [5.74, 6) is 0.164. The molecule has 21 heavy (non-hydrogen) atoms. The van der Waals surface area contributed by atoms with Gasteiger partial charge in [-0.25, -0.2) is 0 Å². The van der Waals surface area contributed by atoms with E-state index in [1.807, 2.05) is 18.4 Å². The van der Waals surface area contributed by atoms with Crippen molar-refractivity contribution >= 4 is 17.7 Å². The fraction of sp³-hybridized carbons (Fsp3) is 0.500. The van der Waals surface area contributed by atoms with Crippen molar-refractivity contribution in [1.29, 1.82) is 0 Å². The van der Waals surface area contributed by atoms with Crippen molar-refractivity contribution in [3.8, 4) is 11.5 Å². The highest BCUT2D eigenvalue weighted by molar-refractivity contribution is 7.99. The first kappa shape index (κ1) is 15.5. The minimum absolute atomic E-state index is 0.0638. The van der Waals surface area contributed by atoms with Gasteiger partial charge in [-0.05, 0) is 13.8 Å². The minimum atomic E-state index is -0.899. The molecular weight excluding hydrogens is 296 g/mol. The highest BCUT2D eigenvalue weighted by atomic mass is 32.2. The number of methoxy groups -OCH3 is 1. The molecule has 0 unspecified atom stereocenters. The summed E-state index contributed by atoms with van der Waals surface area (Å²) in [7, 11) is 1.57. The molecule has 8 nitrogen and oxygen atoms in total. The summed E-state index contributed by atoms with van der Waals surface area (Å²) in [6, 6.07) is 1.80. The zero-order valence-corrected chi connectivity index (χ0v) is 12.8. The number of carboxylic acids is 1. The van der Waals surface area contributed by atoms with Crippen molar-refractivity contribution in [2.45, 2.75) is 31.7 Å². The van der Waals surface area contributed by atoms with Gasteiger partial charge < -0.3 is 14.4 Å². The second kappa shape index (κ2) is 6.72. The van der Waals surface area contributed by atoms with Crippen molar-refractivity contribution in [2.24, 2.45) is 0 Å². The van der Waals surface area contributed by atoms with Crippen LogP contribution in [0, 0.1) is 0 Å². The third kappa shape index (κ3) is 3.61. The standard InChI is InChI=1S/C12H16N4O4S/c1-7(2)16-11(9-4-8(5-19-3)20-15-9)13-14-12(16)21-6-10(17)18/h4,7H,5-6H2,1-3H3,(H,17,18). The molecule has 0 amide bonds. The third-order valence-electron chi connectivity index (χ3n) is 2.58. The molecule has 0 fully saturated rings. The zero-order valence-electron chi connectivity index (χ0n) is 11.9. The molecule has 0 aromatic carbocycles. The summed E-state index contributed by atoms with van der Waals surface area (Å²) in [6.45, 7) is 4.26. The molecule has 0 saturated heterocycles. The number of rotatable bonds is 7. The van der Waals surface area contributed by atoms with Crippen LogP contribution >= 0.6 is 11.8 Å². The van der Waals surface area contributed by atoms with Crippen LogP contribution in [0.4, 0.5) is 0 Å². The monoisotopic (exact) mass is 312 g/mol. The molecule has 2 heterocycles. The van der Waals surface area contributed by atoms with Crippen LogP contribution in [0.2, 0.25) is 0 Å². The first-order chi connectivity index (χ1) is 10.0. The van der Waals surface area contributed by atoms with Gasteiger partial charge in [0.1, 0.15) is 6.61 Å². The van der Waals surface area contributed by atoms with E-state index < -0.39 is 5.97 Å². The Morgan fingerprint density at radius 1 is 1.52 bits per heavy atom. The van der Waals surface area contributed by atoms with Gasteiger partial charge in [0.15, 0.2) is 22.4 Å². The van der Waals surface area contributed by atoms with Gasteiger partial charge in [0.2, 0.25) is 0 Å². The van der Waals surface area contributed by atoms with Crippen LogP contribution in [0.3, 0.4) is 0 Å². The Labute approximate surface area is 125 Å². The van der Waals surface area contributed by atoms with E-state index in [2.05, 4.69) is 15.4 Å². The molecule has 0 aliphatic rings. The van der Waals surface area contributed by atoms with E-state index in [1.54, 1.807) is 13.2 Å². The average Bonchev–Trinajstić information content (AvgIpc) is 3.02. The Morgan fingerprint density at radius 2 is 2.29 bits per heavy atom. The molecular formula is C12H16N4O4S. The lowest BCUT2D eigenvalue weighted by Gasteiger charge is -2.11. The second-order valence-electron chi connectivity index (χ2n) is 4.56. The minimum Gasteiger partial charge on any atom is -0.481 e. The molecule has 0 radical (unpaired) electrons. The average molecular weight is 312 g/mol. The van der Waals surface area contributed by atoms with Crippen LogP contribution in [-0.2, 0) is 16.1 Å². The molecule has 0 saturated carbocycles. The predicted octanol–water partition coefficient (Wildman–Crippen LogP) is 1.84. The van der Waals surface area contributed by atoms with E-state index in [0.717, 1.165) is 11.8 Å². The summed E-state index contributed by atoms with van der Waals surface area (Å²) in [5.41, 5.74) is 0.547. The normalized spacial score (nSPS) is 11.2. The Hall–Kier alpha value is -1.87. The van der Waals surface area contributed by atoms with Crippen LogP contribution in [0.1, 0.15) is 25.6 Å². The number of hydrogen-bond donors (Lipinski definition) is 1. The molecule has 0 bridgehead atoms. The van der Waals surface area contributed by atoms with Crippen LogP contribution in [0.15, 0.2) is 15.7 Å². The topological polar surface area (TPSA) is 103 Å². The van der Waals surface area contributed by atoms with Gasteiger partial charge in [-0.3, -0.25) is 9.36 Å². The van der Waals surface area contributed by atoms with E-state index in [0.29, 0.717) is 29.0 Å². The van der Waals surface area contributed by atoms with Gasteiger partial charge in [-0.1, -0.05) is 16.9 Å². The lowest BCUT2D eigenvalue weighted by Crippen LogP contribution is -2.07. The molecule has 0 aliphatic carbocycles. The van der Waals surface area contributed by atoms with Gasteiger partial charge in [0.25, 0.3) is 0 Å². The second-order valence-corrected chi connectivity index (χ2v) is 5.51. The molecule has 114 valence electrons. The highest BCUT2D eigenvalue weighted by Crippen LogP contribution is 2.27. The molecule has 1 N–H and O–H groups in total. The molecule has 9 heteroatoms. The number of carboxylic acid groups (broad SMARTS) is 1. The quantitative estimate of drug-likeness (QED) is 0.772. The summed E-state index contributed by atoms with van der Waals surface area (Å²) in [4.78, 5) is 10.7. The SMILES string of the molecule is COCc1cc(-c2nnc(SCC(=O)O)n2C(C)C)no1. The van der Waals surface area contributed by atoms with Crippen LogP contribution < -0.4 is 0 Å². The Morgan fingerprint density at radius 3 is 2.90 bits per heavy atom. The van der Waals surface area contributed by atoms with Gasteiger partial charge in [-0.2, -0.15) is 0 Å². The molecule has 0 aliphatic heterocycles. The Bertz CT molecular complexity index is 623. The summed E-state index contributed by atoms with van der Waals surface area (Å²) >= 11 is 1.12. The number of nitrogens with zero attached hydrogens (tertiary/aromatic N) is 4. The summed E-state index contributed by atoms with van der Waals surface area (Å²) < 4.78 is 12.0. The molecule has 2 aromatic heterocycles. The number of ether oxygens (including phenoxy) is 1. The van der Waals surface area contributed by atoms with Gasteiger partial charge in [-0.15, -0.1) is 10.2 Å². The van der Waals surface area contributed by atoms with Crippen LogP contribution in [-0.4, -0.2) is 43.9 Å². The number of aromatic nitrogens is 4. The maximum Gasteiger partial charge on any atom is 0.313 e. The maximum atomic E-state index is 10.7. The van der Waals surface area contributed by atoms with E-state index in [-0.39, 0.29) is 11.8 Å². The molecule has 2 aromatic rings. The van der Waals surface area contributed by atoms with E-state index in [9.17, 15) is 4.79 Å². The number of aliphatic carboxylic acids is 1. The van der Waals surface area contributed by atoms with Crippen molar-refractivity contribution in [2.75, 3.05) is 12.9 Å². The fourth-order valence-electron chi connectivity index (χ4n) is 1.77. The third-order valence-corrected chi connectivity index (χ3v) is 3.51. The van der Waals surface area contributed by atoms with Crippen LogP contribution in [0.25, 0.3) is 11.5 Å². The van der Waals surface area contributed by atoms with Gasteiger partial charge in [0.05, 0.1) is 5.75 Å². The lowest BCUT2D eigenvalue weighted by atomic mass is 10.3. The molecule has 2 rings (SSSR count). The highest BCUT2D eigenvalue weighted by Gasteiger charge is 2.20. The number of thioether (sulfide) groups is 1. The van der Waals surface area contributed by atoms with E-state index in [4.69, 9.17) is 14.4 Å². The molecule has 0 spiro atoms. The van der Waals surface area contributed by atoms with Gasteiger partial charge >= 0.3 is 5.97 Å². The first-order valence-electron chi connectivity index (χ1n) is 6.27. The number of hydrogen-bond acceptors (Lipinski definition) is 7. The van der Waals surface area contributed by atoms with Crippen molar-refractivity contribution in [3.63, 3.8) is 0 Å². The van der Waals surface area contributed by atoms with Gasteiger partial charge in [0, 0.05) is 19.2 Å². The van der Waals surface area contributed by atoms with Crippen LogP contribution in [0.5, 0.6) is 0 Å². The van der Waals surface area contributed by atoms with E-state index in [1.165, 1.54) is 0 Å². The maximum absolute atomic E-state index is 10.7. The Balaban J connectivity index is 2.31. The summed E-state index contributed by atoms with van der Waals surface area (Å²) in [5, 5.41) is 21.4. The molecule has 0 atom stereocenters. The fourth-order valence-corrected chi connectivity index (χ4v) is 2.56. The van der Waals surface area contributed by atoms with Crippen molar-refractivity contribution in [3.05, 3.63) is 11.8 Å². The predicted molar refractivity (Wildman–Crippen MR) is 75.0 cm³/mol. The largest absolute Gasteiger partial charge is 0.481 e. The van der Waals surface area contributed by atoms with Crippen molar-refractivity contribution in [1.82, 2.24) is 19.9 Å². The smallest absolute Gasteiger partial charge is 0.313 e. The zero-order chi connectivity index (χ0) is 15.4. The number of carbonyl (C=O) groups is 1. The van der Waals surface area contributed by atoms with E-state index >= 15 is 0 Å². The van der Waals surface area contributed by atoms with Crippen molar-refractivity contribution < 1.29 is 19.2 Å². The summed E-state index contributed by atoms with van der Waals surface area (Å²) in [6.07, 6.45) is 0. The Kier molecular flexibility index (Phi) is 4.97.